The lowest BCUT2D eigenvalue weighted by Gasteiger charge is -2.29. The van der Waals surface area contributed by atoms with Crippen molar-refractivity contribution in [2.75, 3.05) is 0 Å². The fourth-order valence-electron chi connectivity index (χ4n) is 1.29. The molecule has 0 amide bonds. The van der Waals surface area contributed by atoms with Crippen LogP contribution in [0.4, 0.5) is 0 Å². The van der Waals surface area contributed by atoms with Gasteiger partial charge in [-0.2, -0.15) is 0 Å². The number of allylic oxidation sites excluding steroid dienone is 2. The maximum atomic E-state index is 3.82. The van der Waals surface area contributed by atoms with Gasteiger partial charge in [0.1, 0.15) is 0 Å². The van der Waals surface area contributed by atoms with Crippen molar-refractivity contribution < 1.29 is 0 Å². The Morgan fingerprint density at radius 3 is 1.92 bits per heavy atom. The van der Waals surface area contributed by atoms with Crippen molar-refractivity contribution in [3.63, 3.8) is 0 Å². The van der Waals surface area contributed by atoms with Crippen LogP contribution in [0.1, 0.15) is 12.8 Å². The van der Waals surface area contributed by atoms with Crippen LogP contribution in [0.15, 0.2) is 25.3 Å². The van der Waals surface area contributed by atoms with E-state index in [1.54, 1.807) is 0 Å². The van der Waals surface area contributed by atoms with E-state index in [1.807, 2.05) is 0 Å². The molecule has 0 N–H and O–H groups in total. The van der Waals surface area contributed by atoms with Crippen LogP contribution >= 0.6 is 0 Å². The Bertz CT molecular complexity index is 140. The Balaban J connectivity index is 4.25. The molecule has 0 atom stereocenters. The first-order valence-electron chi connectivity index (χ1n) is 4.49. The van der Waals surface area contributed by atoms with E-state index in [9.17, 15) is 0 Å². The Kier molecular flexibility index (Phi) is 5.50. The highest BCUT2D eigenvalue weighted by atomic mass is 29.2. The van der Waals surface area contributed by atoms with E-state index in [2.05, 4.69) is 45.0 Å². The van der Waals surface area contributed by atoms with E-state index in [0.717, 1.165) is 14.6 Å². The summed E-state index contributed by atoms with van der Waals surface area (Å²) in [5.41, 5.74) is 0.857. The maximum Gasteiger partial charge on any atom is 0.0392 e. The van der Waals surface area contributed by atoms with Crippen LogP contribution in [0.25, 0.3) is 0 Å². The first kappa shape index (κ1) is 11.9. The molecule has 2 radical (unpaired) electrons. The van der Waals surface area contributed by atoms with E-state index in [1.165, 1.54) is 12.8 Å². The van der Waals surface area contributed by atoms with E-state index in [-0.39, 0.29) is 0 Å². The zero-order chi connectivity index (χ0) is 9.61. The molecule has 0 unspecified atom stereocenters. The summed E-state index contributed by atoms with van der Waals surface area (Å²) < 4.78 is 0. The smallest absolute Gasteiger partial charge is 0.0392 e. The zero-order valence-corrected chi connectivity index (χ0v) is 10.6. The Labute approximate surface area is 80.4 Å². The van der Waals surface area contributed by atoms with Crippen molar-refractivity contribution in [1.29, 1.82) is 0 Å². The van der Waals surface area contributed by atoms with Gasteiger partial charge in [0.25, 0.3) is 0 Å². The topological polar surface area (TPSA) is 0 Å². The summed E-state index contributed by atoms with van der Waals surface area (Å²) in [5.74, 6) is 0. The van der Waals surface area contributed by atoms with Crippen molar-refractivity contribution in [3.8, 4) is 0 Å². The van der Waals surface area contributed by atoms with E-state index < -0.39 is 7.59 Å². The maximum absolute atomic E-state index is 3.82. The molecule has 0 aliphatic carbocycles. The van der Waals surface area contributed by atoms with E-state index in [0.29, 0.717) is 0 Å². The molecular formula is C10H20Si2. The quantitative estimate of drug-likeness (QED) is 0.451. The molecule has 0 aliphatic rings. The second kappa shape index (κ2) is 5.54. The predicted octanol–water partition coefficient (Wildman–Crippen LogP) is 3.47. The lowest BCUT2D eigenvalue weighted by molar-refractivity contribution is 0.837. The van der Waals surface area contributed by atoms with Gasteiger partial charge in [0.05, 0.1) is 0 Å². The van der Waals surface area contributed by atoms with Gasteiger partial charge in [0, 0.05) is 16.6 Å². The van der Waals surface area contributed by atoms with Crippen LogP contribution in [0.2, 0.25) is 25.2 Å². The molecule has 0 saturated heterocycles. The molecule has 0 fully saturated rings. The zero-order valence-electron chi connectivity index (χ0n) is 8.56. The third kappa shape index (κ3) is 3.54. The van der Waals surface area contributed by atoms with Gasteiger partial charge in [0.15, 0.2) is 0 Å². The van der Waals surface area contributed by atoms with E-state index in [4.69, 9.17) is 0 Å². The van der Waals surface area contributed by atoms with Crippen molar-refractivity contribution in [2.45, 2.75) is 38.0 Å². The average molecular weight is 196 g/mol. The summed E-state index contributed by atoms with van der Waals surface area (Å²) in [5, 5.41) is 0. The van der Waals surface area contributed by atoms with Gasteiger partial charge in [-0.25, -0.2) is 0 Å². The molecule has 0 saturated carbocycles. The SMILES string of the molecule is C=CCC(CC=C)[Si](C)(C)[Si]C. The van der Waals surface area contributed by atoms with Gasteiger partial charge in [-0.1, -0.05) is 31.8 Å². The molecular weight excluding hydrogens is 176 g/mol. The van der Waals surface area contributed by atoms with Crippen molar-refractivity contribution >= 4 is 16.6 Å². The van der Waals surface area contributed by atoms with Gasteiger partial charge >= 0.3 is 0 Å². The minimum atomic E-state index is -0.963. The molecule has 0 rings (SSSR count). The highest BCUT2D eigenvalue weighted by molar-refractivity contribution is 7.23. The summed E-state index contributed by atoms with van der Waals surface area (Å²) in [7, 11) is 0.164. The average Bonchev–Trinajstić information content (AvgIpc) is 2.04. The fraction of sp³-hybridized carbons (Fsp3) is 0.600. The lowest BCUT2D eigenvalue weighted by Crippen LogP contribution is -2.38. The van der Waals surface area contributed by atoms with Gasteiger partial charge in [-0.15, -0.1) is 13.2 Å². The third-order valence-corrected chi connectivity index (χ3v) is 11.5. The summed E-state index contributed by atoms with van der Waals surface area (Å²) >= 11 is 0. The summed E-state index contributed by atoms with van der Waals surface area (Å²) in [6.07, 6.45) is 6.46. The first-order valence-corrected chi connectivity index (χ1v) is 10.1. The summed E-state index contributed by atoms with van der Waals surface area (Å²) in [6.45, 7) is 14.9. The van der Waals surface area contributed by atoms with Crippen LogP contribution in [0.5, 0.6) is 0 Å². The number of hydrogen-bond acceptors (Lipinski definition) is 0. The second-order valence-corrected chi connectivity index (χ2v) is 13.8. The van der Waals surface area contributed by atoms with Gasteiger partial charge in [-0.3, -0.25) is 0 Å². The monoisotopic (exact) mass is 196 g/mol. The van der Waals surface area contributed by atoms with Crippen LogP contribution in [0, 0.1) is 0 Å². The normalized spacial score (nSPS) is 11.7. The Morgan fingerprint density at radius 2 is 1.67 bits per heavy atom. The standard InChI is InChI=1S/C10H20Si2/c1-6-8-10(9-7-2)12(4,5)11-3/h6-7,10H,1-2,8-9H2,3-5H3. The predicted molar refractivity (Wildman–Crippen MR) is 62.5 cm³/mol. The molecule has 0 bridgehead atoms. The minimum absolute atomic E-state index is 0.857. The van der Waals surface area contributed by atoms with Crippen LogP contribution in [0.3, 0.4) is 0 Å². The molecule has 0 nitrogen and oxygen atoms in total. The summed E-state index contributed by atoms with van der Waals surface area (Å²) in [4.78, 5) is 0. The fourth-order valence-corrected chi connectivity index (χ4v) is 5.14. The Hall–Kier alpha value is -0.0862. The van der Waals surface area contributed by atoms with Crippen LogP contribution < -0.4 is 0 Å². The van der Waals surface area contributed by atoms with Crippen molar-refractivity contribution in [3.05, 3.63) is 25.3 Å². The van der Waals surface area contributed by atoms with Crippen LogP contribution in [-0.2, 0) is 0 Å². The molecule has 0 spiro atoms. The molecule has 12 heavy (non-hydrogen) atoms. The molecule has 0 aromatic heterocycles. The van der Waals surface area contributed by atoms with Crippen LogP contribution in [-0.4, -0.2) is 16.6 Å². The Morgan fingerprint density at radius 1 is 1.25 bits per heavy atom. The molecule has 0 heterocycles. The second-order valence-electron chi connectivity index (χ2n) is 3.72. The first-order chi connectivity index (χ1) is 5.58. The van der Waals surface area contributed by atoms with Crippen molar-refractivity contribution in [2.24, 2.45) is 0 Å². The third-order valence-electron chi connectivity index (χ3n) is 2.57. The van der Waals surface area contributed by atoms with Crippen molar-refractivity contribution in [1.82, 2.24) is 0 Å². The van der Waals surface area contributed by atoms with E-state index >= 15 is 0 Å². The molecule has 68 valence electrons. The lowest BCUT2D eigenvalue weighted by atomic mass is 10.2. The highest BCUT2D eigenvalue weighted by Gasteiger charge is 2.27. The molecule has 0 aromatic carbocycles. The largest absolute Gasteiger partial charge is 0.103 e. The highest BCUT2D eigenvalue weighted by Crippen LogP contribution is 2.28. The number of rotatable bonds is 6. The molecule has 0 aliphatic heterocycles. The van der Waals surface area contributed by atoms with Gasteiger partial charge in [0.2, 0.25) is 0 Å². The summed E-state index contributed by atoms with van der Waals surface area (Å²) in [6, 6.07) is 0. The minimum Gasteiger partial charge on any atom is -0.103 e. The number of hydrogen-bond donors (Lipinski definition) is 0. The van der Waals surface area contributed by atoms with Gasteiger partial charge in [-0.05, 0) is 18.4 Å². The molecule has 0 aromatic rings. The molecule has 2 heteroatoms. The van der Waals surface area contributed by atoms with Gasteiger partial charge < -0.3 is 0 Å².